The van der Waals surface area contributed by atoms with E-state index in [1.807, 2.05) is 30.1 Å². The van der Waals surface area contributed by atoms with Crippen LogP contribution in [0.1, 0.15) is 25.1 Å². The van der Waals surface area contributed by atoms with Crippen LogP contribution in [-0.2, 0) is 5.41 Å². The van der Waals surface area contributed by atoms with Crippen molar-refractivity contribution in [3.8, 4) is 0 Å². The lowest BCUT2D eigenvalue weighted by atomic mass is 9.91. The van der Waals surface area contributed by atoms with Crippen molar-refractivity contribution in [1.82, 2.24) is 10.6 Å². The van der Waals surface area contributed by atoms with Crippen LogP contribution in [0.3, 0.4) is 0 Å². The number of thiophene rings is 1. The van der Waals surface area contributed by atoms with Crippen LogP contribution >= 0.6 is 47.1 Å². The van der Waals surface area contributed by atoms with Crippen LogP contribution in [0.2, 0.25) is 0 Å². The van der Waals surface area contributed by atoms with Crippen molar-refractivity contribution >= 4 is 53.0 Å². The first-order valence-electron chi connectivity index (χ1n) is 6.57. The minimum absolute atomic E-state index is 0. The van der Waals surface area contributed by atoms with E-state index in [1.54, 1.807) is 0 Å². The zero-order valence-corrected chi connectivity index (χ0v) is 16.7. The van der Waals surface area contributed by atoms with Gasteiger partial charge < -0.3 is 10.6 Å². The number of nitrogens with zero attached hydrogens (tertiary/aromatic N) is 1. The summed E-state index contributed by atoms with van der Waals surface area (Å²) in [5.41, 5.74) is 0.130. The number of thioether (sulfide) groups is 1. The Labute approximate surface area is 148 Å². The number of aliphatic imine (C=N–C) groups is 1. The number of hydrogen-bond donors (Lipinski definition) is 2. The van der Waals surface area contributed by atoms with Gasteiger partial charge in [0.1, 0.15) is 0 Å². The summed E-state index contributed by atoms with van der Waals surface area (Å²) in [6.07, 6.45) is 3.30. The Morgan fingerprint density at radius 3 is 2.70 bits per heavy atom. The van der Waals surface area contributed by atoms with E-state index in [4.69, 9.17) is 0 Å². The number of rotatable bonds is 7. The second-order valence-electron chi connectivity index (χ2n) is 5.06. The first-order chi connectivity index (χ1) is 9.10. The maximum absolute atomic E-state index is 4.26. The molecule has 3 nitrogen and oxygen atoms in total. The molecule has 0 unspecified atom stereocenters. The van der Waals surface area contributed by atoms with Gasteiger partial charge in [0.15, 0.2) is 5.96 Å². The first kappa shape index (κ1) is 20.1. The van der Waals surface area contributed by atoms with Crippen molar-refractivity contribution in [3.05, 3.63) is 22.4 Å². The van der Waals surface area contributed by atoms with Gasteiger partial charge in [-0.05, 0) is 29.9 Å². The molecule has 0 aliphatic rings. The molecule has 0 aliphatic heterocycles. The fourth-order valence-electron chi connectivity index (χ4n) is 1.70. The number of nitrogens with one attached hydrogen (secondary N) is 2. The van der Waals surface area contributed by atoms with Crippen molar-refractivity contribution in [2.75, 3.05) is 32.1 Å². The van der Waals surface area contributed by atoms with Gasteiger partial charge in [0.05, 0.1) is 0 Å². The smallest absolute Gasteiger partial charge is 0.191 e. The highest BCUT2D eigenvalue weighted by atomic mass is 127. The van der Waals surface area contributed by atoms with E-state index in [1.165, 1.54) is 10.6 Å². The molecule has 0 fully saturated rings. The molecule has 0 amide bonds. The molecule has 0 radical (unpaired) electrons. The van der Waals surface area contributed by atoms with Crippen LogP contribution in [-0.4, -0.2) is 38.1 Å². The summed E-state index contributed by atoms with van der Waals surface area (Å²) in [7, 11) is 1.82. The maximum atomic E-state index is 4.26. The van der Waals surface area contributed by atoms with E-state index in [-0.39, 0.29) is 29.4 Å². The summed E-state index contributed by atoms with van der Waals surface area (Å²) in [4.78, 5) is 5.66. The zero-order valence-electron chi connectivity index (χ0n) is 12.7. The number of hydrogen-bond acceptors (Lipinski definition) is 3. The normalized spacial score (nSPS) is 11.9. The molecule has 1 rings (SSSR count). The van der Waals surface area contributed by atoms with E-state index in [9.17, 15) is 0 Å². The van der Waals surface area contributed by atoms with Crippen LogP contribution in [0.15, 0.2) is 22.5 Å². The Bertz CT molecular complexity index is 378. The van der Waals surface area contributed by atoms with Crippen molar-refractivity contribution in [1.29, 1.82) is 0 Å². The summed E-state index contributed by atoms with van der Waals surface area (Å²) in [6.45, 7) is 6.37. The van der Waals surface area contributed by atoms with Gasteiger partial charge in [-0.25, -0.2) is 0 Å². The largest absolute Gasteiger partial charge is 0.356 e. The Morgan fingerprint density at radius 1 is 1.40 bits per heavy atom. The average molecular weight is 427 g/mol. The highest BCUT2D eigenvalue weighted by Crippen LogP contribution is 2.26. The van der Waals surface area contributed by atoms with Crippen molar-refractivity contribution in [2.45, 2.75) is 25.7 Å². The Morgan fingerprint density at radius 2 is 2.15 bits per heavy atom. The van der Waals surface area contributed by atoms with Crippen molar-refractivity contribution < 1.29 is 0 Å². The lowest BCUT2D eigenvalue weighted by Crippen LogP contribution is -2.43. The molecular formula is C14H26IN3S2. The predicted molar refractivity (Wildman–Crippen MR) is 105 cm³/mol. The molecule has 116 valence electrons. The van der Waals surface area contributed by atoms with Gasteiger partial charge >= 0.3 is 0 Å². The van der Waals surface area contributed by atoms with Gasteiger partial charge in [-0.15, -0.1) is 35.3 Å². The molecule has 0 saturated heterocycles. The van der Waals surface area contributed by atoms with Crippen molar-refractivity contribution in [2.24, 2.45) is 4.99 Å². The summed E-state index contributed by atoms with van der Waals surface area (Å²) in [5.74, 6) is 2.08. The summed E-state index contributed by atoms with van der Waals surface area (Å²) in [6, 6.07) is 4.30. The average Bonchev–Trinajstić information content (AvgIpc) is 2.92. The van der Waals surface area contributed by atoms with E-state index < -0.39 is 0 Å². The third kappa shape index (κ3) is 7.17. The summed E-state index contributed by atoms with van der Waals surface area (Å²) >= 11 is 3.69. The third-order valence-electron chi connectivity index (χ3n) is 2.93. The molecule has 0 atom stereocenters. The van der Waals surface area contributed by atoms with Gasteiger partial charge in [0.25, 0.3) is 0 Å². The molecule has 20 heavy (non-hydrogen) atoms. The van der Waals surface area contributed by atoms with Crippen LogP contribution in [0.5, 0.6) is 0 Å². The molecule has 0 saturated carbocycles. The molecule has 1 aromatic rings. The van der Waals surface area contributed by atoms with Crippen molar-refractivity contribution in [3.63, 3.8) is 0 Å². The van der Waals surface area contributed by atoms with Crippen LogP contribution in [0.25, 0.3) is 0 Å². The van der Waals surface area contributed by atoms with E-state index in [2.05, 4.69) is 53.2 Å². The lowest BCUT2D eigenvalue weighted by molar-refractivity contribution is 0.518. The zero-order chi connectivity index (χ0) is 14.1. The Hall–Kier alpha value is 0.0500. The highest BCUT2D eigenvalue weighted by Gasteiger charge is 2.21. The lowest BCUT2D eigenvalue weighted by Gasteiger charge is -2.25. The monoisotopic (exact) mass is 427 g/mol. The van der Waals surface area contributed by atoms with Gasteiger partial charge in [0, 0.05) is 30.4 Å². The molecule has 0 aromatic carbocycles. The van der Waals surface area contributed by atoms with E-state index >= 15 is 0 Å². The summed E-state index contributed by atoms with van der Waals surface area (Å²) < 4.78 is 0. The molecule has 0 bridgehead atoms. The summed E-state index contributed by atoms with van der Waals surface area (Å²) in [5, 5.41) is 8.90. The SMILES string of the molecule is CN=C(NCCCSC)NCC(C)(C)c1cccs1.I. The third-order valence-corrected chi connectivity index (χ3v) is 4.86. The number of guanidine groups is 1. The first-order valence-corrected chi connectivity index (χ1v) is 8.85. The van der Waals surface area contributed by atoms with Crippen LogP contribution in [0, 0.1) is 0 Å². The van der Waals surface area contributed by atoms with Gasteiger partial charge in [0.2, 0.25) is 0 Å². The molecular weight excluding hydrogens is 401 g/mol. The van der Waals surface area contributed by atoms with Crippen LogP contribution in [0.4, 0.5) is 0 Å². The van der Waals surface area contributed by atoms with E-state index in [0.29, 0.717) is 0 Å². The highest BCUT2D eigenvalue weighted by molar-refractivity contribution is 14.0. The standard InChI is InChI=1S/C14H25N3S2.HI/c1-14(2,12-7-5-10-19-12)11-17-13(15-3)16-8-6-9-18-4;/h5,7,10H,6,8-9,11H2,1-4H3,(H2,15,16,17);1H. The second kappa shape index (κ2) is 10.7. The number of halogens is 1. The minimum atomic E-state index is 0. The molecule has 0 spiro atoms. The fourth-order valence-corrected chi connectivity index (χ4v) is 2.98. The molecule has 1 aromatic heterocycles. The maximum Gasteiger partial charge on any atom is 0.191 e. The molecule has 0 aliphatic carbocycles. The topological polar surface area (TPSA) is 36.4 Å². The molecule has 6 heteroatoms. The Balaban J connectivity index is 0.00000361. The van der Waals surface area contributed by atoms with E-state index in [0.717, 1.165) is 25.5 Å². The fraction of sp³-hybridized carbons (Fsp3) is 0.643. The molecule has 1 heterocycles. The van der Waals surface area contributed by atoms with Gasteiger partial charge in [-0.1, -0.05) is 19.9 Å². The second-order valence-corrected chi connectivity index (χ2v) is 6.99. The van der Waals surface area contributed by atoms with Gasteiger partial charge in [-0.3, -0.25) is 4.99 Å². The van der Waals surface area contributed by atoms with Gasteiger partial charge in [-0.2, -0.15) is 11.8 Å². The van der Waals surface area contributed by atoms with Crippen LogP contribution < -0.4 is 10.6 Å². The quantitative estimate of drug-likeness (QED) is 0.302. The Kier molecular flexibility index (Phi) is 10.8. The molecule has 2 N–H and O–H groups in total. The predicted octanol–water partition coefficient (Wildman–Crippen LogP) is 3.56. The minimum Gasteiger partial charge on any atom is -0.356 e.